The first-order valence-electron chi connectivity index (χ1n) is 8.65. The molecule has 0 fully saturated rings. The number of amides is 2. The van der Waals surface area contributed by atoms with Crippen molar-refractivity contribution in [2.24, 2.45) is 7.05 Å². The number of benzene rings is 1. The Morgan fingerprint density at radius 1 is 1.28 bits per heavy atom. The number of nitrogens with zero attached hydrogens (tertiary/aromatic N) is 2. The number of urea groups is 1. The van der Waals surface area contributed by atoms with E-state index in [1.54, 1.807) is 0 Å². The van der Waals surface area contributed by atoms with Crippen molar-refractivity contribution in [2.45, 2.75) is 45.8 Å². The Hall–Kier alpha value is -2.34. The van der Waals surface area contributed by atoms with Crippen LogP contribution in [0.25, 0.3) is 0 Å². The monoisotopic (exact) mass is 344 g/mol. The van der Waals surface area contributed by atoms with Gasteiger partial charge in [0.2, 0.25) is 0 Å². The fourth-order valence-electron chi connectivity index (χ4n) is 2.91. The minimum absolute atomic E-state index is 0.000599. The number of aryl methyl sites for hydroxylation is 2. The van der Waals surface area contributed by atoms with Gasteiger partial charge >= 0.3 is 6.03 Å². The molecular weight excluding hydrogens is 316 g/mol. The van der Waals surface area contributed by atoms with Gasteiger partial charge in [-0.05, 0) is 44.7 Å². The summed E-state index contributed by atoms with van der Waals surface area (Å²) in [6.45, 7) is 6.41. The van der Waals surface area contributed by atoms with E-state index in [1.807, 2.05) is 62.8 Å². The lowest BCUT2D eigenvalue weighted by Gasteiger charge is -2.16. The SMILES string of the molecule is Cc1nn(C)c(C)c1CC(C)NC(=O)NCCC(O)c1ccccc1. The number of hydrogen-bond acceptors (Lipinski definition) is 3. The molecule has 2 rings (SSSR count). The van der Waals surface area contributed by atoms with Crippen LogP contribution in [0.3, 0.4) is 0 Å². The first-order valence-corrected chi connectivity index (χ1v) is 8.65. The predicted octanol–water partition coefficient (Wildman–Crippen LogP) is 2.39. The second-order valence-corrected chi connectivity index (χ2v) is 6.49. The van der Waals surface area contributed by atoms with Gasteiger partial charge in [-0.1, -0.05) is 30.3 Å². The topological polar surface area (TPSA) is 79.2 Å². The van der Waals surface area contributed by atoms with Crippen molar-refractivity contribution in [3.8, 4) is 0 Å². The Balaban J connectivity index is 1.74. The molecule has 25 heavy (non-hydrogen) atoms. The average Bonchev–Trinajstić information content (AvgIpc) is 2.81. The number of rotatable bonds is 7. The van der Waals surface area contributed by atoms with Crippen LogP contribution in [0.5, 0.6) is 0 Å². The Kier molecular flexibility index (Phi) is 6.58. The summed E-state index contributed by atoms with van der Waals surface area (Å²) in [6.07, 6.45) is 0.651. The van der Waals surface area contributed by atoms with Gasteiger partial charge in [-0.3, -0.25) is 4.68 Å². The van der Waals surface area contributed by atoms with E-state index in [4.69, 9.17) is 0 Å². The van der Waals surface area contributed by atoms with E-state index >= 15 is 0 Å². The Morgan fingerprint density at radius 3 is 2.56 bits per heavy atom. The molecule has 2 aromatic rings. The summed E-state index contributed by atoms with van der Waals surface area (Å²) in [4.78, 5) is 12.0. The number of aromatic nitrogens is 2. The van der Waals surface area contributed by atoms with E-state index in [0.717, 1.165) is 23.4 Å². The normalized spacial score (nSPS) is 13.3. The number of carbonyl (C=O) groups excluding carboxylic acids is 1. The molecule has 1 aromatic heterocycles. The molecule has 0 aliphatic heterocycles. The molecule has 6 nitrogen and oxygen atoms in total. The summed E-state index contributed by atoms with van der Waals surface area (Å²) >= 11 is 0. The molecule has 0 saturated heterocycles. The third-order valence-electron chi connectivity index (χ3n) is 4.43. The number of carbonyl (C=O) groups is 1. The average molecular weight is 344 g/mol. The number of aliphatic hydroxyl groups excluding tert-OH is 1. The van der Waals surface area contributed by atoms with Crippen molar-refractivity contribution >= 4 is 6.03 Å². The highest BCUT2D eigenvalue weighted by Gasteiger charge is 2.15. The van der Waals surface area contributed by atoms with Gasteiger partial charge in [0.05, 0.1) is 11.8 Å². The Morgan fingerprint density at radius 2 is 1.96 bits per heavy atom. The molecule has 0 bridgehead atoms. The second kappa shape index (κ2) is 8.67. The minimum Gasteiger partial charge on any atom is -0.388 e. The Labute approximate surface area is 149 Å². The van der Waals surface area contributed by atoms with Crippen LogP contribution in [0.4, 0.5) is 4.79 Å². The molecule has 0 radical (unpaired) electrons. The van der Waals surface area contributed by atoms with Gasteiger partial charge in [0.25, 0.3) is 0 Å². The summed E-state index contributed by atoms with van der Waals surface area (Å²) in [5.74, 6) is 0. The van der Waals surface area contributed by atoms with Crippen molar-refractivity contribution in [3.05, 3.63) is 52.8 Å². The molecule has 1 heterocycles. The molecule has 0 spiro atoms. The second-order valence-electron chi connectivity index (χ2n) is 6.49. The van der Waals surface area contributed by atoms with Crippen LogP contribution in [0.15, 0.2) is 30.3 Å². The summed E-state index contributed by atoms with van der Waals surface area (Å²) in [6, 6.07) is 9.24. The molecule has 0 saturated carbocycles. The minimum atomic E-state index is -0.570. The first-order chi connectivity index (χ1) is 11.9. The fourth-order valence-corrected chi connectivity index (χ4v) is 2.91. The van der Waals surface area contributed by atoms with Gasteiger partial charge in [0, 0.05) is 25.3 Å². The number of hydrogen-bond donors (Lipinski definition) is 3. The van der Waals surface area contributed by atoms with E-state index < -0.39 is 6.10 Å². The molecule has 2 amide bonds. The summed E-state index contributed by atoms with van der Waals surface area (Å²) < 4.78 is 1.86. The fraction of sp³-hybridized carbons (Fsp3) is 0.474. The quantitative estimate of drug-likeness (QED) is 0.721. The zero-order valence-electron chi connectivity index (χ0n) is 15.4. The third kappa shape index (κ3) is 5.32. The first kappa shape index (κ1) is 19.0. The maximum absolute atomic E-state index is 12.0. The molecule has 6 heteroatoms. The van der Waals surface area contributed by atoms with Crippen molar-refractivity contribution in [1.29, 1.82) is 0 Å². The van der Waals surface area contributed by atoms with E-state index in [0.29, 0.717) is 13.0 Å². The van der Waals surface area contributed by atoms with Gasteiger partial charge in [-0.15, -0.1) is 0 Å². The van der Waals surface area contributed by atoms with Crippen molar-refractivity contribution < 1.29 is 9.90 Å². The highest BCUT2D eigenvalue weighted by molar-refractivity contribution is 5.74. The van der Waals surface area contributed by atoms with Crippen LogP contribution < -0.4 is 10.6 Å². The Bertz CT molecular complexity index is 697. The predicted molar refractivity (Wildman–Crippen MR) is 98.4 cm³/mol. The summed E-state index contributed by atoms with van der Waals surface area (Å²) in [5, 5.41) is 20.2. The molecule has 2 atom stereocenters. The van der Waals surface area contributed by atoms with E-state index in [-0.39, 0.29) is 12.1 Å². The lowest BCUT2D eigenvalue weighted by molar-refractivity contribution is 0.166. The van der Waals surface area contributed by atoms with Crippen LogP contribution in [0, 0.1) is 13.8 Å². The summed E-state index contributed by atoms with van der Waals surface area (Å²) in [5.41, 5.74) is 4.16. The van der Waals surface area contributed by atoms with E-state index in [2.05, 4.69) is 15.7 Å². The molecular formula is C19H28N4O2. The van der Waals surface area contributed by atoms with Gasteiger partial charge < -0.3 is 15.7 Å². The lowest BCUT2D eigenvalue weighted by atomic mass is 10.1. The molecule has 0 aliphatic carbocycles. The molecule has 136 valence electrons. The van der Waals surface area contributed by atoms with Crippen molar-refractivity contribution in [3.63, 3.8) is 0 Å². The van der Waals surface area contributed by atoms with E-state index in [9.17, 15) is 9.90 Å². The van der Waals surface area contributed by atoms with E-state index in [1.165, 1.54) is 5.56 Å². The van der Waals surface area contributed by atoms with Crippen LogP contribution in [0.2, 0.25) is 0 Å². The zero-order chi connectivity index (χ0) is 18.4. The van der Waals surface area contributed by atoms with Crippen molar-refractivity contribution in [2.75, 3.05) is 6.54 Å². The molecule has 2 unspecified atom stereocenters. The molecule has 1 aromatic carbocycles. The maximum atomic E-state index is 12.0. The zero-order valence-corrected chi connectivity index (χ0v) is 15.4. The third-order valence-corrected chi connectivity index (χ3v) is 4.43. The van der Waals surface area contributed by atoms with Crippen LogP contribution in [-0.2, 0) is 13.5 Å². The van der Waals surface area contributed by atoms with Crippen LogP contribution in [-0.4, -0.2) is 33.5 Å². The van der Waals surface area contributed by atoms with Crippen LogP contribution in [0.1, 0.15) is 42.0 Å². The largest absolute Gasteiger partial charge is 0.388 e. The van der Waals surface area contributed by atoms with Crippen molar-refractivity contribution in [1.82, 2.24) is 20.4 Å². The van der Waals surface area contributed by atoms with Gasteiger partial charge in [0.15, 0.2) is 0 Å². The highest BCUT2D eigenvalue weighted by Crippen LogP contribution is 2.15. The van der Waals surface area contributed by atoms with Gasteiger partial charge in [-0.2, -0.15) is 5.10 Å². The molecule has 3 N–H and O–H groups in total. The lowest BCUT2D eigenvalue weighted by Crippen LogP contribution is -2.42. The highest BCUT2D eigenvalue weighted by atomic mass is 16.3. The van der Waals surface area contributed by atoms with Gasteiger partial charge in [-0.25, -0.2) is 4.79 Å². The van der Waals surface area contributed by atoms with Gasteiger partial charge in [0.1, 0.15) is 0 Å². The summed E-state index contributed by atoms with van der Waals surface area (Å²) in [7, 11) is 1.93. The maximum Gasteiger partial charge on any atom is 0.315 e. The standard InChI is InChI=1S/C19H28N4O2/c1-13(12-17-14(2)22-23(4)15(17)3)21-19(25)20-11-10-18(24)16-8-6-5-7-9-16/h5-9,13,18,24H,10-12H2,1-4H3,(H2,20,21,25). The smallest absolute Gasteiger partial charge is 0.315 e. The molecule has 0 aliphatic rings. The van der Waals surface area contributed by atoms with Crippen LogP contribution >= 0.6 is 0 Å². The number of aliphatic hydroxyl groups is 1. The number of nitrogens with one attached hydrogen (secondary N) is 2.